The van der Waals surface area contributed by atoms with Crippen LogP contribution >= 0.6 is 22.9 Å². The predicted octanol–water partition coefficient (Wildman–Crippen LogP) is 3.23. The summed E-state index contributed by atoms with van der Waals surface area (Å²) in [5, 5.41) is 5.00. The molecule has 0 spiro atoms. The smallest absolute Gasteiger partial charge is 0.251 e. The molecule has 1 aromatic carbocycles. The first-order chi connectivity index (χ1) is 14.6. The highest BCUT2D eigenvalue weighted by Crippen LogP contribution is 2.28. The minimum absolute atomic E-state index is 0.0239. The molecule has 0 bridgehead atoms. The molecule has 1 N–H and O–H groups in total. The van der Waals surface area contributed by atoms with Crippen LogP contribution in [0.3, 0.4) is 0 Å². The standard InChI is InChI=1S/C21H28ClN3O4S2/c1-14-12-25(13-15(2)29-14)31(27,28)20-10-16(7-8-17(20)22)21(26)23-11-18(24(3)4)19-6-5-9-30-19/h5-10,14-15,18H,11-13H2,1-4H3,(H,23,26)/t14-,15-,18-/m0/s1. The lowest BCUT2D eigenvalue weighted by Crippen LogP contribution is -2.48. The second-order valence-electron chi connectivity index (χ2n) is 7.93. The number of thiophene rings is 1. The third-order valence-electron chi connectivity index (χ3n) is 5.15. The van der Waals surface area contributed by atoms with E-state index < -0.39 is 10.0 Å². The van der Waals surface area contributed by atoms with E-state index >= 15 is 0 Å². The lowest BCUT2D eigenvalue weighted by atomic mass is 10.2. The number of halogens is 1. The van der Waals surface area contributed by atoms with Gasteiger partial charge >= 0.3 is 0 Å². The molecule has 1 amide bonds. The predicted molar refractivity (Wildman–Crippen MR) is 123 cm³/mol. The first-order valence-electron chi connectivity index (χ1n) is 10.0. The van der Waals surface area contributed by atoms with Gasteiger partial charge in [0.2, 0.25) is 10.0 Å². The molecule has 7 nitrogen and oxygen atoms in total. The number of ether oxygens (including phenoxy) is 1. The highest BCUT2D eigenvalue weighted by molar-refractivity contribution is 7.89. The van der Waals surface area contributed by atoms with E-state index in [1.54, 1.807) is 11.3 Å². The van der Waals surface area contributed by atoms with E-state index in [1.165, 1.54) is 22.5 Å². The number of nitrogens with zero attached hydrogens (tertiary/aromatic N) is 2. The summed E-state index contributed by atoms with van der Waals surface area (Å²) in [4.78, 5) is 15.9. The molecule has 1 fully saturated rings. The van der Waals surface area contributed by atoms with Crippen molar-refractivity contribution in [3.8, 4) is 0 Å². The first-order valence-corrected chi connectivity index (χ1v) is 12.7. The van der Waals surface area contributed by atoms with Gasteiger partial charge in [0.1, 0.15) is 4.90 Å². The van der Waals surface area contributed by atoms with Crippen molar-refractivity contribution >= 4 is 38.9 Å². The van der Waals surface area contributed by atoms with Crippen LogP contribution in [0.5, 0.6) is 0 Å². The number of hydrogen-bond acceptors (Lipinski definition) is 6. The molecule has 170 valence electrons. The van der Waals surface area contributed by atoms with Crippen molar-refractivity contribution in [3.63, 3.8) is 0 Å². The summed E-state index contributed by atoms with van der Waals surface area (Å²) in [5.74, 6) is -0.347. The molecule has 1 aliphatic heterocycles. The quantitative estimate of drug-likeness (QED) is 0.651. The molecule has 1 aromatic heterocycles. The van der Waals surface area contributed by atoms with Crippen molar-refractivity contribution in [1.29, 1.82) is 0 Å². The van der Waals surface area contributed by atoms with Crippen LogP contribution in [0.25, 0.3) is 0 Å². The Morgan fingerprint density at radius 1 is 1.29 bits per heavy atom. The first kappa shape index (κ1) is 24.2. The molecular formula is C21H28ClN3O4S2. The largest absolute Gasteiger partial charge is 0.373 e. The zero-order valence-electron chi connectivity index (χ0n) is 18.0. The number of carbonyl (C=O) groups is 1. The fourth-order valence-corrected chi connectivity index (χ4v) is 6.63. The van der Waals surface area contributed by atoms with Gasteiger partial charge in [-0.15, -0.1) is 11.3 Å². The Balaban J connectivity index is 1.79. The number of amides is 1. The van der Waals surface area contributed by atoms with Crippen LogP contribution in [-0.2, 0) is 14.8 Å². The SMILES string of the molecule is C[C@H]1CN(S(=O)(=O)c2cc(C(=O)NC[C@@H](c3cccs3)N(C)C)ccc2Cl)C[C@H](C)O1. The van der Waals surface area contributed by atoms with Crippen molar-refractivity contribution in [1.82, 2.24) is 14.5 Å². The Kier molecular flexibility index (Phi) is 7.77. The molecule has 2 heterocycles. The summed E-state index contributed by atoms with van der Waals surface area (Å²) >= 11 is 7.87. The second-order valence-corrected chi connectivity index (χ2v) is 11.2. The lowest BCUT2D eigenvalue weighted by molar-refractivity contribution is -0.0440. The summed E-state index contributed by atoms with van der Waals surface area (Å²) < 4.78 is 33.5. The zero-order valence-corrected chi connectivity index (χ0v) is 20.4. The number of rotatable bonds is 7. The Hall–Kier alpha value is -1.49. The Morgan fingerprint density at radius 2 is 1.97 bits per heavy atom. The van der Waals surface area contributed by atoms with E-state index in [0.29, 0.717) is 6.54 Å². The van der Waals surface area contributed by atoms with Crippen LogP contribution in [-0.4, -0.2) is 69.5 Å². The number of carbonyl (C=O) groups excluding carboxylic acids is 1. The molecule has 0 unspecified atom stereocenters. The van der Waals surface area contributed by atoms with Gasteiger partial charge in [-0.05, 0) is 57.6 Å². The molecule has 3 atom stereocenters. The Bertz CT molecular complexity index is 1000. The van der Waals surface area contributed by atoms with Gasteiger partial charge in [0.15, 0.2) is 0 Å². The van der Waals surface area contributed by atoms with Crippen molar-refractivity contribution in [2.45, 2.75) is 37.0 Å². The van der Waals surface area contributed by atoms with E-state index in [9.17, 15) is 13.2 Å². The number of morpholine rings is 1. The van der Waals surface area contributed by atoms with Gasteiger partial charge < -0.3 is 15.0 Å². The van der Waals surface area contributed by atoms with Crippen LogP contribution in [0.1, 0.15) is 35.1 Å². The fraction of sp³-hybridized carbons (Fsp3) is 0.476. The molecule has 1 aliphatic rings. The molecule has 10 heteroatoms. The number of hydrogen-bond donors (Lipinski definition) is 1. The Morgan fingerprint density at radius 3 is 2.55 bits per heavy atom. The van der Waals surface area contributed by atoms with Crippen LogP contribution < -0.4 is 5.32 Å². The highest BCUT2D eigenvalue weighted by atomic mass is 35.5. The van der Waals surface area contributed by atoms with E-state index in [1.807, 2.05) is 50.4 Å². The summed E-state index contributed by atoms with van der Waals surface area (Å²) in [6, 6.07) is 8.38. The van der Waals surface area contributed by atoms with Gasteiger partial charge in [-0.1, -0.05) is 17.7 Å². The maximum absolute atomic E-state index is 13.2. The third kappa shape index (κ3) is 5.66. The van der Waals surface area contributed by atoms with Gasteiger partial charge in [0.05, 0.1) is 23.3 Å². The van der Waals surface area contributed by atoms with Crippen LogP contribution in [0.15, 0.2) is 40.6 Å². The molecule has 2 aromatic rings. The highest BCUT2D eigenvalue weighted by Gasteiger charge is 2.34. The van der Waals surface area contributed by atoms with Gasteiger partial charge in [-0.2, -0.15) is 4.31 Å². The summed E-state index contributed by atoms with van der Waals surface area (Å²) in [6.45, 7) is 4.54. The third-order valence-corrected chi connectivity index (χ3v) is 8.43. The van der Waals surface area contributed by atoms with Crippen molar-refractivity contribution < 1.29 is 17.9 Å². The number of nitrogens with one attached hydrogen (secondary N) is 1. The van der Waals surface area contributed by atoms with Crippen molar-refractivity contribution in [2.24, 2.45) is 0 Å². The van der Waals surface area contributed by atoms with Crippen LogP contribution in [0, 0.1) is 0 Å². The van der Waals surface area contributed by atoms with Crippen molar-refractivity contribution in [3.05, 3.63) is 51.2 Å². The average Bonchev–Trinajstić information content (AvgIpc) is 3.21. The maximum Gasteiger partial charge on any atom is 0.251 e. The zero-order chi connectivity index (χ0) is 22.8. The van der Waals surface area contributed by atoms with E-state index in [4.69, 9.17) is 16.3 Å². The minimum atomic E-state index is -3.86. The van der Waals surface area contributed by atoms with E-state index in [-0.39, 0.29) is 52.7 Å². The molecular weight excluding hydrogens is 458 g/mol. The van der Waals surface area contributed by atoms with Crippen LogP contribution in [0.4, 0.5) is 0 Å². The monoisotopic (exact) mass is 485 g/mol. The van der Waals surface area contributed by atoms with E-state index in [2.05, 4.69) is 5.32 Å². The molecule has 3 rings (SSSR count). The summed E-state index contributed by atoms with van der Waals surface area (Å²) in [6.07, 6.45) is -0.437. The topological polar surface area (TPSA) is 79.0 Å². The average molecular weight is 486 g/mol. The van der Waals surface area contributed by atoms with Gasteiger partial charge in [-0.25, -0.2) is 8.42 Å². The van der Waals surface area contributed by atoms with Gasteiger partial charge in [0, 0.05) is 30.1 Å². The fourth-order valence-electron chi connectivity index (χ4n) is 3.62. The van der Waals surface area contributed by atoms with Gasteiger partial charge in [0.25, 0.3) is 5.91 Å². The molecule has 0 radical (unpaired) electrons. The van der Waals surface area contributed by atoms with Crippen LogP contribution in [0.2, 0.25) is 5.02 Å². The number of likely N-dealkylation sites (N-methyl/N-ethyl adjacent to an activating group) is 1. The maximum atomic E-state index is 13.2. The molecule has 0 saturated carbocycles. The Labute approximate surface area is 193 Å². The second kappa shape index (κ2) is 9.97. The number of benzene rings is 1. The van der Waals surface area contributed by atoms with Crippen molar-refractivity contribution in [2.75, 3.05) is 33.7 Å². The molecule has 31 heavy (non-hydrogen) atoms. The molecule has 1 saturated heterocycles. The van der Waals surface area contributed by atoms with Gasteiger partial charge in [-0.3, -0.25) is 4.79 Å². The summed E-state index contributed by atoms with van der Waals surface area (Å²) in [7, 11) is 0.0445. The number of sulfonamides is 1. The minimum Gasteiger partial charge on any atom is -0.373 e. The van der Waals surface area contributed by atoms with E-state index in [0.717, 1.165) is 4.88 Å². The summed E-state index contributed by atoms with van der Waals surface area (Å²) in [5.41, 5.74) is 0.251. The molecule has 0 aliphatic carbocycles. The lowest BCUT2D eigenvalue weighted by Gasteiger charge is -2.34. The normalized spacial score (nSPS) is 21.2.